The van der Waals surface area contributed by atoms with E-state index in [0.29, 0.717) is 0 Å². The van der Waals surface area contributed by atoms with Crippen LogP contribution in [0, 0.1) is 0 Å². The molecule has 1 aliphatic heterocycles. The van der Waals surface area contributed by atoms with Crippen molar-refractivity contribution < 1.29 is 23.5 Å². The van der Waals surface area contributed by atoms with Crippen molar-refractivity contribution in [2.24, 2.45) is 0 Å². The van der Waals surface area contributed by atoms with Gasteiger partial charge in [-0.05, 0) is 0 Å². The molecule has 0 N–H and O–H groups in total. The van der Waals surface area contributed by atoms with Crippen LogP contribution in [-0.2, 0) is 9.59 Å². The molecule has 0 aliphatic carbocycles. The first-order valence-corrected chi connectivity index (χ1v) is 3.74. The van der Waals surface area contributed by atoms with Gasteiger partial charge in [-0.3, -0.25) is 9.59 Å². The fourth-order valence-corrected chi connectivity index (χ4v) is 0.966. The molecule has 2 rings (SSSR count). The molecular formula is C8H6O5. The van der Waals surface area contributed by atoms with E-state index in [9.17, 15) is 9.59 Å². The zero-order chi connectivity index (χ0) is 9.26. The number of carbonyl (C=O) groups is 2. The normalized spacial score (nSPS) is 16.6. The summed E-state index contributed by atoms with van der Waals surface area (Å²) in [6.07, 6.45) is 1.33. The van der Waals surface area contributed by atoms with Gasteiger partial charge in [0.1, 0.15) is 0 Å². The highest BCUT2D eigenvalue weighted by molar-refractivity contribution is 5.82. The summed E-state index contributed by atoms with van der Waals surface area (Å²) < 4.78 is 14.3. The molecule has 68 valence electrons. The van der Waals surface area contributed by atoms with Crippen molar-refractivity contribution in [1.29, 1.82) is 0 Å². The molecule has 13 heavy (non-hydrogen) atoms. The van der Waals surface area contributed by atoms with Crippen LogP contribution in [0.4, 0.5) is 0 Å². The fraction of sp³-hybridized carbons (Fsp3) is 0.250. The number of fused-ring (bicyclic) bond motifs is 1. The largest absolute Gasteiger partial charge is 0.431 e. The lowest BCUT2D eigenvalue weighted by atomic mass is 10.3. The monoisotopic (exact) mass is 182 g/mol. The fourth-order valence-electron chi connectivity index (χ4n) is 0.966. The molecule has 1 aromatic rings. The molecule has 1 aliphatic rings. The molecule has 0 amide bonds. The summed E-state index contributed by atoms with van der Waals surface area (Å²) >= 11 is 0. The lowest BCUT2D eigenvalue weighted by Crippen LogP contribution is -2.17. The number of rotatable bonds is 0. The Morgan fingerprint density at radius 1 is 1.08 bits per heavy atom. The average molecular weight is 182 g/mol. The number of ether oxygens (including phenoxy) is 2. The van der Waals surface area contributed by atoms with Gasteiger partial charge < -0.3 is 13.9 Å². The van der Waals surface area contributed by atoms with Crippen molar-refractivity contribution in [2.45, 2.75) is 12.8 Å². The number of furan rings is 1. The minimum Gasteiger partial charge on any atom is -0.431 e. The molecule has 0 atom stereocenters. The quantitative estimate of drug-likeness (QED) is 0.557. The minimum atomic E-state index is -0.493. The van der Waals surface area contributed by atoms with E-state index in [1.807, 2.05) is 0 Å². The van der Waals surface area contributed by atoms with Crippen LogP contribution < -0.4 is 9.47 Å². The number of carbonyl (C=O) groups excluding carboxylic acids is 2. The average Bonchev–Trinajstić information content (AvgIpc) is 2.47. The van der Waals surface area contributed by atoms with Crippen LogP contribution in [0.5, 0.6) is 11.7 Å². The molecule has 0 spiro atoms. The molecule has 5 heteroatoms. The van der Waals surface area contributed by atoms with Gasteiger partial charge in [0.2, 0.25) is 5.75 Å². The maximum Gasteiger partial charge on any atom is 0.337 e. The highest BCUT2D eigenvalue weighted by Crippen LogP contribution is 2.30. The number of hydrogen-bond acceptors (Lipinski definition) is 5. The van der Waals surface area contributed by atoms with E-state index in [-0.39, 0.29) is 24.5 Å². The third-order valence-corrected chi connectivity index (χ3v) is 1.56. The Balaban J connectivity index is 2.32. The van der Waals surface area contributed by atoms with Crippen LogP contribution in [0.15, 0.2) is 16.7 Å². The summed E-state index contributed by atoms with van der Waals surface area (Å²) in [7, 11) is 0. The first-order valence-electron chi connectivity index (χ1n) is 3.74. The van der Waals surface area contributed by atoms with Crippen LogP contribution in [0.2, 0.25) is 0 Å². The Hall–Kier alpha value is -1.78. The van der Waals surface area contributed by atoms with Gasteiger partial charge in [0.05, 0.1) is 19.1 Å². The molecule has 0 aromatic carbocycles. The van der Waals surface area contributed by atoms with Crippen molar-refractivity contribution in [3.05, 3.63) is 12.3 Å². The van der Waals surface area contributed by atoms with Crippen molar-refractivity contribution in [3.63, 3.8) is 0 Å². The molecule has 5 nitrogen and oxygen atoms in total. The second-order valence-corrected chi connectivity index (χ2v) is 2.52. The summed E-state index contributed by atoms with van der Waals surface area (Å²) in [5.41, 5.74) is 0. The van der Waals surface area contributed by atoms with E-state index in [1.165, 1.54) is 12.3 Å². The molecule has 0 fully saturated rings. The number of esters is 2. The lowest BCUT2D eigenvalue weighted by molar-refractivity contribution is -0.143. The van der Waals surface area contributed by atoms with Gasteiger partial charge in [-0.25, -0.2) is 0 Å². The SMILES string of the molecule is O=C1CCC(=O)Oc2occc2O1. The van der Waals surface area contributed by atoms with E-state index in [0.717, 1.165) is 0 Å². The molecule has 2 heterocycles. The Kier molecular flexibility index (Phi) is 1.77. The Morgan fingerprint density at radius 3 is 2.54 bits per heavy atom. The molecule has 0 radical (unpaired) electrons. The molecule has 0 saturated carbocycles. The van der Waals surface area contributed by atoms with Gasteiger partial charge in [0, 0.05) is 6.07 Å². The van der Waals surface area contributed by atoms with Crippen LogP contribution in [-0.4, -0.2) is 11.9 Å². The summed E-state index contributed by atoms with van der Waals surface area (Å²) in [4.78, 5) is 21.9. The van der Waals surface area contributed by atoms with Crippen molar-refractivity contribution in [3.8, 4) is 11.7 Å². The third-order valence-electron chi connectivity index (χ3n) is 1.56. The van der Waals surface area contributed by atoms with Crippen molar-refractivity contribution in [2.75, 3.05) is 0 Å². The van der Waals surface area contributed by atoms with E-state index >= 15 is 0 Å². The van der Waals surface area contributed by atoms with Gasteiger partial charge in [-0.15, -0.1) is 0 Å². The van der Waals surface area contributed by atoms with E-state index in [4.69, 9.17) is 13.9 Å². The minimum absolute atomic E-state index is 0.0129. The van der Waals surface area contributed by atoms with Gasteiger partial charge in [-0.2, -0.15) is 0 Å². The number of hydrogen-bond donors (Lipinski definition) is 0. The van der Waals surface area contributed by atoms with Crippen molar-refractivity contribution in [1.82, 2.24) is 0 Å². The summed E-state index contributed by atoms with van der Waals surface area (Å²) in [6.45, 7) is 0. The summed E-state index contributed by atoms with van der Waals surface area (Å²) in [5.74, 6) is -0.858. The first kappa shape index (κ1) is 7.85. The predicted octanol–water partition coefficient (Wildman–Crippen LogP) is 0.884. The van der Waals surface area contributed by atoms with Gasteiger partial charge in [0.25, 0.3) is 0 Å². The Labute approximate surface area is 73.2 Å². The predicted molar refractivity (Wildman–Crippen MR) is 39.2 cm³/mol. The van der Waals surface area contributed by atoms with Gasteiger partial charge in [-0.1, -0.05) is 0 Å². The van der Waals surface area contributed by atoms with Crippen LogP contribution in [0.25, 0.3) is 0 Å². The molecule has 1 aromatic heterocycles. The van der Waals surface area contributed by atoms with Crippen LogP contribution in [0.3, 0.4) is 0 Å². The Bertz CT molecular complexity index is 319. The van der Waals surface area contributed by atoms with Crippen molar-refractivity contribution >= 4 is 11.9 Å². The van der Waals surface area contributed by atoms with E-state index in [2.05, 4.69) is 0 Å². The maximum atomic E-state index is 11.0. The molecular weight excluding hydrogens is 176 g/mol. The summed E-state index contributed by atoms with van der Waals surface area (Å²) in [5, 5.41) is 0. The second kappa shape index (κ2) is 2.93. The molecule has 0 unspecified atom stereocenters. The molecule has 0 bridgehead atoms. The van der Waals surface area contributed by atoms with Gasteiger partial charge in [0.15, 0.2) is 0 Å². The standard InChI is InChI=1S/C8H6O5/c9-6-1-2-7(10)13-8-5(12-6)3-4-11-8/h3-4H,1-2H2. The van der Waals surface area contributed by atoms with E-state index in [1.54, 1.807) is 0 Å². The zero-order valence-electron chi connectivity index (χ0n) is 6.61. The maximum absolute atomic E-state index is 11.0. The first-order chi connectivity index (χ1) is 6.25. The van der Waals surface area contributed by atoms with E-state index < -0.39 is 11.9 Å². The third kappa shape index (κ3) is 1.53. The zero-order valence-corrected chi connectivity index (χ0v) is 6.61. The smallest absolute Gasteiger partial charge is 0.337 e. The highest BCUT2D eigenvalue weighted by Gasteiger charge is 2.21. The summed E-state index contributed by atoms with van der Waals surface area (Å²) in [6, 6.07) is 1.42. The second-order valence-electron chi connectivity index (χ2n) is 2.52. The lowest BCUT2D eigenvalue weighted by Gasteiger charge is -2.07. The van der Waals surface area contributed by atoms with Gasteiger partial charge >= 0.3 is 17.9 Å². The topological polar surface area (TPSA) is 65.7 Å². The highest BCUT2D eigenvalue weighted by atomic mass is 16.6. The molecule has 0 saturated heterocycles. The Morgan fingerprint density at radius 2 is 1.77 bits per heavy atom. The van der Waals surface area contributed by atoms with Crippen LogP contribution in [0.1, 0.15) is 12.8 Å². The van der Waals surface area contributed by atoms with Crippen LogP contribution >= 0.6 is 0 Å².